The van der Waals surface area contributed by atoms with Crippen LogP contribution >= 0.6 is 0 Å². The molecule has 6 amide bonds. The summed E-state index contributed by atoms with van der Waals surface area (Å²) in [7, 11) is 3.32. The zero-order chi connectivity index (χ0) is 45.9. The minimum Gasteiger partial charge on any atom is -0.495 e. The molecule has 1 spiro atoms. The topological polar surface area (TPSA) is 190 Å². The molecule has 2 aromatic carbocycles. The van der Waals surface area contributed by atoms with Crippen LogP contribution in [0, 0.1) is 24.2 Å². The van der Waals surface area contributed by atoms with Crippen molar-refractivity contribution < 1.29 is 33.8 Å². The molecule has 1 atom stereocenters. The first kappa shape index (κ1) is 45.4. The average molecular weight is 888 g/mol. The molecule has 2 saturated carbocycles. The lowest BCUT2D eigenvalue weighted by Crippen LogP contribution is -2.64. The van der Waals surface area contributed by atoms with Crippen molar-refractivity contribution in [2.24, 2.45) is 5.41 Å². The number of methoxy groups -OCH3 is 1. The molecule has 4 heterocycles. The highest BCUT2D eigenvalue weighted by atomic mass is 16.5. The molecular formula is C49H61N9O7. The van der Waals surface area contributed by atoms with Crippen molar-refractivity contribution in [1.82, 2.24) is 25.5 Å². The van der Waals surface area contributed by atoms with E-state index in [-0.39, 0.29) is 54.2 Å². The number of carbonyl (C=O) groups excluding carboxylic acids is 5. The van der Waals surface area contributed by atoms with Gasteiger partial charge in [-0.25, -0.2) is 9.78 Å². The van der Waals surface area contributed by atoms with E-state index in [1.165, 1.54) is 0 Å². The van der Waals surface area contributed by atoms with Gasteiger partial charge in [-0.15, -0.1) is 0 Å². The predicted molar refractivity (Wildman–Crippen MR) is 247 cm³/mol. The van der Waals surface area contributed by atoms with Crippen LogP contribution in [0.15, 0.2) is 42.6 Å². The summed E-state index contributed by atoms with van der Waals surface area (Å²) in [5, 5.41) is 19.0. The van der Waals surface area contributed by atoms with E-state index in [1.54, 1.807) is 48.4 Å². The number of amides is 6. The van der Waals surface area contributed by atoms with Gasteiger partial charge in [-0.3, -0.25) is 29.4 Å². The van der Waals surface area contributed by atoms with Crippen molar-refractivity contribution in [3.05, 3.63) is 59.3 Å². The van der Waals surface area contributed by atoms with Crippen LogP contribution in [0.3, 0.4) is 0 Å². The molecular weight excluding hydrogens is 827 g/mol. The van der Waals surface area contributed by atoms with Crippen LogP contribution in [-0.2, 0) is 14.4 Å². The van der Waals surface area contributed by atoms with E-state index in [2.05, 4.69) is 37.7 Å². The van der Waals surface area contributed by atoms with E-state index in [9.17, 15) is 29.1 Å². The number of hydrogen-bond acceptors (Lipinski definition) is 11. The highest BCUT2D eigenvalue weighted by Gasteiger charge is 2.55. The van der Waals surface area contributed by atoms with Crippen molar-refractivity contribution >= 4 is 58.5 Å². The minimum atomic E-state index is -0.551. The first-order valence-electron chi connectivity index (χ1n) is 23.2. The summed E-state index contributed by atoms with van der Waals surface area (Å²) in [6, 6.07) is 10.3. The number of unbranched alkanes of at least 4 members (excludes halogenated alkanes) is 1. The maximum absolute atomic E-state index is 13.8. The van der Waals surface area contributed by atoms with E-state index in [0.29, 0.717) is 80.4 Å². The van der Waals surface area contributed by atoms with Crippen LogP contribution in [0.1, 0.15) is 118 Å². The molecule has 4 N–H and O–H groups in total. The number of aliphatic hydroxyl groups is 1. The quantitative estimate of drug-likeness (QED) is 0.117. The Morgan fingerprint density at radius 3 is 2.52 bits per heavy atom. The van der Waals surface area contributed by atoms with E-state index in [4.69, 9.17) is 9.72 Å². The fourth-order valence-electron chi connectivity index (χ4n) is 10.8. The molecule has 2 aliphatic carbocycles. The third-order valence-corrected chi connectivity index (χ3v) is 14.3. The zero-order valence-electron chi connectivity index (χ0n) is 38.0. The number of piperidine rings is 1. The lowest BCUT2D eigenvalue weighted by Gasteiger charge is -2.59. The summed E-state index contributed by atoms with van der Waals surface area (Å²) in [6.07, 6.45) is 12.1. The number of nitrogens with zero attached hydrogens (tertiary/aromatic N) is 6. The summed E-state index contributed by atoms with van der Waals surface area (Å²) in [6.45, 7) is 5.53. The normalized spacial score (nSPS) is 20.1. The summed E-state index contributed by atoms with van der Waals surface area (Å²) in [5.74, 6) is 7.59. The Labute approximate surface area is 380 Å². The Balaban J connectivity index is 0.835. The number of benzene rings is 2. The fraction of sp³-hybridized carbons (Fsp3) is 0.531. The number of aromatic nitrogens is 2. The van der Waals surface area contributed by atoms with Gasteiger partial charge in [0.2, 0.25) is 23.7 Å². The number of likely N-dealkylation sites (tertiary alicyclic amines) is 1. The minimum absolute atomic E-state index is 0.00552. The summed E-state index contributed by atoms with van der Waals surface area (Å²) < 4.78 is 5.75. The number of carbonyl (C=O) groups is 5. The second-order valence-electron chi connectivity index (χ2n) is 18.4. The first-order chi connectivity index (χ1) is 31.4. The van der Waals surface area contributed by atoms with Gasteiger partial charge in [0.25, 0.3) is 5.91 Å². The van der Waals surface area contributed by atoms with Crippen LogP contribution < -0.4 is 35.4 Å². The van der Waals surface area contributed by atoms with Crippen LogP contribution in [-0.4, -0.2) is 108 Å². The molecule has 0 radical (unpaired) electrons. The second-order valence-corrected chi connectivity index (χ2v) is 18.4. The number of hydrogen-bond donors (Lipinski definition) is 4. The van der Waals surface area contributed by atoms with E-state index < -0.39 is 11.6 Å². The first-order valence-corrected chi connectivity index (χ1v) is 23.2. The van der Waals surface area contributed by atoms with Gasteiger partial charge in [0, 0.05) is 80.9 Å². The van der Waals surface area contributed by atoms with Gasteiger partial charge in [-0.05, 0) is 106 Å². The van der Waals surface area contributed by atoms with Crippen LogP contribution in [0.4, 0.5) is 33.6 Å². The highest BCUT2D eigenvalue weighted by molar-refractivity contribution is 6.06. The van der Waals surface area contributed by atoms with Crippen molar-refractivity contribution in [3.63, 3.8) is 0 Å². The third-order valence-electron chi connectivity index (χ3n) is 14.3. The van der Waals surface area contributed by atoms with Gasteiger partial charge >= 0.3 is 6.03 Å². The molecule has 16 nitrogen and oxygen atoms in total. The Bertz CT molecular complexity index is 2390. The van der Waals surface area contributed by atoms with E-state index in [0.717, 1.165) is 74.0 Å². The highest BCUT2D eigenvalue weighted by Crippen LogP contribution is 2.56. The van der Waals surface area contributed by atoms with Gasteiger partial charge in [0.1, 0.15) is 17.5 Å². The summed E-state index contributed by atoms with van der Waals surface area (Å²) in [5.41, 5.74) is 3.55. The predicted octanol–water partition coefficient (Wildman–Crippen LogP) is 5.96. The van der Waals surface area contributed by atoms with Gasteiger partial charge in [-0.1, -0.05) is 37.7 Å². The lowest BCUT2D eigenvalue weighted by atomic mass is 9.52. The Hall–Kier alpha value is -6.21. The fourth-order valence-corrected chi connectivity index (χ4v) is 10.8. The molecule has 3 aliphatic heterocycles. The molecule has 16 heteroatoms. The number of imide groups is 1. The van der Waals surface area contributed by atoms with Crippen molar-refractivity contribution in [2.45, 2.75) is 121 Å². The number of aliphatic hydroxyl groups excluding tert-OH is 1. The molecule has 0 bridgehead atoms. The standard InChI is InChI=1S/C49H61N9O7/c1-5-37-45(63)55(3)39-29-50-46(53-43(39)58(37)35-14-9-10-15-35)51-36-19-18-34(28-40(36)65-4)44(62)54-49(23-27-59)30-48(31-49)21-25-56(26-22-48)42(61)17-8-6-7-12-33-13-11-16-38(32(33)2)57-24-20-41(60)52-47(57)64/h11,13,16,18-19,28-29,35,37,59H,5-6,8-10,14-15,17,20-27,30-31H2,1-4H3,(H,54,62)(H,50,51,53)(H,52,60,64)/t37-/m1/s1. The number of fused-ring (bicyclic) bond motifs is 1. The second kappa shape index (κ2) is 19.1. The van der Waals surface area contributed by atoms with Crippen LogP contribution in [0.25, 0.3) is 0 Å². The zero-order valence-corrected chi connectivity index (χ0v) is 38.0. The van der Waals surface area contributed by atoms with Gasteiger partial charge in [-0.2, -0.15) is 4.98 Å². The van der Waals surface area contributed by atoms with Crippen molar-refractivity contribution in [1.29, 1.82) is 0 Å². The molecule has 5 aliphatic rings. The Kier molecular flexibility index (Phi) is 13.3. The number of likely N-dealkylation sites (N-methyl/N-ethyl adjacent to an activating group) is 1. The van der Waals surface area contributed by atoms with E-state index in [1.807, 2.05) is 36.9 Å². The molecule has 4 fully saturated rings. The smallest absolute Gasteiger partial charge is 0.328 e. The molecule has 1 aromatic heterocycles. The molecule has 344 valence electrons. The molecule has 3 aromatic rings. The lowest BCUT2D eigenvalue weighted by molar-refractivity contribution is -0.136. The van der Waals surface area contributed by atoms with E-state index >= 15 is 0 Å². The maximum atomic E-state index is 13.8. The number of anilines is 5. The maximum Gasteiger partial charge on any atom is 0.328 e. The molecule has 0 unspecified atom stereocenters. The Morgan fingerprint density at radius 2 is 1.82 bits per heavy atom. The Morgan fingerprint density at radius 1 is 1.05 bits per heavy atom. The molecule has 65 heavy (non-hydrogen) atoms. The van der Waals surface area contributed by atoms with Gasteiger partial charge in [0.05, 0.1) is 19.0 Å². The molecule has 8 rings (SSSR count). The van der Waals surface area contributed by atoms with Crippen molar-refractivity contribution in [3.8, 4) is 17.6 Å². The van der Waals surface area contributed by atoms with Gasteiger partial charge in [0.15, 0.2) is 5.82 Å². The number of nitrogens with one attached hydrogen (secondary N) is 3. The largest absolute Gasteiger partial charge is 0.495 e. The average Bonchev–Trinajstić information content (AvgIpc) is 3.83. The number of rotatable bonds is 13. The molecule has 2 saturated heterocycles. The van der Waals surface area contributed by atoms with Crippen LogP contribution in [0.5, 0.6) is 5.75 Å². The van der Waals surface area contributed by atoms with Gasteiger partial charge < -0.3 is 35.2 Å². The van der Waals surface area contributed by atoms with Crippen molar-refractivity contribution in [2.75, 3.05) is 60.4 Å². The number of ether oxygens (including phenoxy) is 1. The number of urea groups is 1. The summed E-state index contributed by atoms with van der Waals surface area (Å²) in [4.78, 5) is 81.3. The summed E-state index contributed by atoms with van der Waals surface area (Å²) >= 11 is 0. The monoisotopic (exact) mass is 887 g/mol. The SMILES string of the molecule is CC[C@@H]1C(=O)N(C)c2cnc(Nc3ccc(C(=O)NC4(CCO)CC5(CCN(C(=O)CCCC#Cc6cccc(N7CCC(=O)NC7=O)c6C)CC5)C4)cc3OC)nc2N1C1CCCC1. The third kappa shape index (κ3) is 9.34. The van der Waals surface area contributed by atoms with Crippen LogP contribution in [0.2, 0.25) is 0 Å².